The molecule has 114 valence electrons. The molecule has 0 atom stereocenters. The third-order valence-corrected chi connectivity index (χ3v) is 4.22. The summed E-state index contributed by atoms with van der Waals surface area (Å²) in [7, 11) is 0. The van der Waals surface area contributed by atoms with Crippen LogP contribution in [0.5, 0.6) is 0 Å². The maximum absolute atomic E-state index is 13.3. The monoisotopic (exact) mass is 311 g/mol. The molecule has 0 aliphatic heterocycles. The number of hydrogen-bond acceptors (Lipinski definition) is 1. The summed E-state index contributed by atoms with van der Waals surface area (Å²) in [6.07, 6.45) is -2.38. The van der Waals surface area contributed by atoms with Crippen LogP contribution in [0.15, 0.2) is 60.8 Å². The van der Waals surface area contributed by atoms with Gasteiger partial charge >= 0.3 is 6.18 Å². The standard InChI is InChI=1S/C19H12F3N/c20-19(21,22)17-9-4-10-23-18(17)15-8-3-7-14-13-6-2-1-5-12(13)11-16(14)15/h1-10H,11H2. The smallest absolute Gasteiger partial charge is 0.256 e. The Morgan fingerprint density at radius 1 is 0.783 bits per heavy atom. The van der Waals surface area contributed by atoms with Crippen molar-refractivity contribution in [3.05, 3.63) is 77.5 Å². The van der Waals surface area contributed by atoms with E-state index in [4.69, 9.17) is 0 Å². The summed E-state index contributed by atoms with van der Waals surface area (Å²) >= 11 is 0. The fourth-order valence-corrected chi connectivity index (χ4v) is 3.23. The topological polar surface area (TPSA) is 12.9 Å². The van der Waals surface area contributed by atoms with E-state index in [9.17, 15) is 13.2 Å². The first kappa shape index (κ1) is 14.0. The molecule has 1 aliphatic rings. The zero-order chi connectivity index (χ0) is 16.0. The first-order chi connectivity index (χ1) is 11.1. The molecule has 0 fully saturated rings. The average molecular weight is 311 g/mol. The Balaban J connectivity index is 1.95. The van der Waals surface area contributed by atoms with Gasteiger partial charge in [-0.3, -0.25) is 4.98 Å². The molecular formula is C19H12F3N. The van der Waals surface area contributed by atoms with Gasteiger partial charge in [-0.05, 0) is 40.8 Å². The van der Waals surface area contributed by atoms with Crippen LogP contribution in [0.1, 0.15) is 16.7 Å². The highest BCUT2D eigenvalue weighted by Crippen LogP contribution is 2.43. The Morgan fingerprint density at radius 3 is 2.35 bits per heavy atom. The van der Waals surface area contributed by atoms with Gasteiger partial charge in [-0.2, -0.15) is 13.2 Å². The van der Waals surface area contributed by atoms with Gasteiger partial charge in [0.2, 0.25) is 0 Å². The lowest BCUT2D eigenvalue weighted by Gasteiger charge is -2.14. The molecule has 3 aromatic rings. The Bertz CT molecular complexity index is 897. The van der Waals surface area contributed by atoms with Gasteiger partial charge in [-0.15, -0.1) is 0 Å². The van der Waals surface area contributed by atoms with Gasteiger partial charge in [0.15, 0.2) is 0 Å². The lowest BCUT2D eigenvalue weighted by molar-refractivity contribution is -0.137. The van der Waals surface area contributed by atoms with Crippen molar-refractivity contribution in [3.8, 4) is 22.4 Å². The largest absolute Gasteiger partial charge is 0.418 e. The molecule has 1 nitrogen and oxygen atoms in total. The lowest BCUT2D eigenvalue weighted by atomic mass is 9.96. The molecule has 23 heavy (non-hydrogen) atoms. The predicted molar refractivity (Wildman–Crippen MR) is 82.9 cm³/mol. The summed E-state index contributed by atoms with van der Waals surface area (Å²) in [6, 6.07) is 15.8. The zero-order valence-electron chi connectivity index (χ0n) is 12.1. The minimum Gasteiger partial charge on any atom is -0.256 e. The molecule has 0 unspecified atom stereocenters. The maximum atomic E-state index is 13.3. The summed E-state index contributed by atoms with van der Waals surface area (Å²) in [5.41, 5.74) is 4.02. The second kappa shape index (κ2) is 4.95. The summed E-state index contributed by atoms with van der Waals surface area (Å²) in [5, 5.41) is 0. The Labute approximate surface area is 131 Å². The van der Waals surface area contributed by atoms with Crippen LogP contribution in [0.2, 0.25) is 0 Å². The van der Waals surface area contributed by atoms with E-state index >= 15 is 0 Å². The molecule has 1 aliphatic carbocycles. The van der Waals surface area contributed by atoms with E-state index in [0.717, 1.165) is 28.3 Å². The summed E-state index contributed by atoms with van der Waals surface area (Å²) in [6.45, 7) is 0. The number of aromatic nitrogens is 1. The number of benzene rings is 2. The van der Waals surface area contributed by atoms with Gasteiger partial charge in [0.25, 0.3) is 0 Å². The van der Waals surface area contributed by atoms with Crippen LogP contribution in [0, 0.1) is 0 Å². The molecule has 0 saturated carbocycles. The fourth-order valence-electron chi connectivity index (χ4n) is 3.23. The first-order valence-electron chi connectivity index (χ1n) is 7.28. The normalized spacial score (nSPS) is 12.8. The Morgan fingerprint density at radius 2 is 1.52 bits per heavy atom. The second-order valence-corrected chi connectivity index (χ2v) is 5.56. The van der Waals surface area contributed by atoms with Crippen LogP contribution < -0.4 is 0 Å². The van der Waals surface area contributed by atoms with E-state index in [2.05, 4.69) is 4.98 Å². The van der Waals surface area contributed by atoms with Gasteiger partial charge in [-0.25, -0.2) is 0 Å². The molecule has 1 heterocycles. The average Bonchev–Trinajstić information content (AvgIpc) is 2.93. The number of alkyl halides is 3. The van der Waals surface area contributed by atoms with Gasteiger partial charge in [0.05, 0.1) is 11.3 Å². The second-order valence-electron chi connectivity index (χ2n) is 5.56. The van der Waals surface area contributed by atoms with Gasteiger partial charge in [0, 0.05) is 11.8 Å². The lowest BCUT2D eigenvalue weighted by Crippen LogP contribution is -2.08. The van der Waals surface area contributed by atoms with Crippen molar-refractivity contribution in [2.24, 2.45) is 0 Å². The SMILES string of the molecule is FC(F)(F)c1cccnc1-c1cccc2c1Cc1ccccc1-2. The zero-order valence-corrected chi connectivity index (χ0v) is 12.1. The molecule has 0 spiro atoms. The number of fused-ring (bicyclic) bond motifs is 3. The van der Waals surface area contributed by atoms with Gasteiger partial charge < -0.3 is 0 Å². The van der Waals surface area contributed by atoms with Crippen LogP contribution in [0.4, 0.5) is 13.2 Å². The Hall–Kier alpha value is -2.62. The molecule has 0 amide bonds. The number of rotatable bonds is 1. The van der Waals surface area contributed by atoms with E-state index in [1.807, 2.05) is 30.3 Å². The van der Waals surface area contributed by atoms with Crippen LogP contribution in [0.25, 0.3) is 22.4 Å². The van der Waals surface area contributed by atoms with Crippen molar-refractivity contribution in [1.82, 2.24) is 4.98 Å². The van der Waals surface area contributed by atoms with E-state index in [1.54, 1.807) is 12.1 Å². The molecule has 2 aromatic carbocycles. The van der Waals surface area contributed by atoms with Crippen molar-refractivity contribution in [1.29, 1.82) is 0 Å². The van der Waals surface area contributed by atoms with E-state index < -0.39 is 11.7 Å². The highest BCUT2D eigenvalue weighted by atomic mass is 19.4. The predicted octanol–water partition coefficient (Wildman–Crippen LogP) is 5.34. The van der Waals surface area contributed by atoms with Crippen molar-refractivity contribution in [2.45, 2.75) is 12.6 Å². The molecule has 0 saturated heterocycles. The number of pyridine rings is 1. The minimum absolute atomic E-state index is 0.00431. The molecule has 0 bridgehead atoms. The fraction of sp³-hybridized carbons (Fsp3) is 0.105. The van der Waals surface area contributed by atoms with E-state index in [0.29, 0.717) is 12.0 Å². The highest BCUT2D eigenvalue weighted by molar-refractivity contribution is 5.84. The van der Waals surface area contributed by atoms with E-state index in [1.165, 1.54) is 12.3 Å². The third-order valence-electron chi connectivity index (χ3n) is 4.22. The third kappa shape index (κ3) is 2.22. The van der Waals surface area contributed by atoms with Crippen LogP contribution in [-0.2, 0) is 12.6 Å². The number of hydrogen-bond donors (Lipinski definition) is 0. The van der Waals surface area contributed by atoms with Crippen LogP contribution in [-0.4, -0.2) is 4.98 Å². The van der Waals surface area contributed by atoms with Crippen molar-refractivity contribution < 1.29 is 13.2 Å². The van der Waals surface area contributed by atoms with Gasteiger partial charge in [0.1, 0.15) is 0 Å². The molecule has 0 N–H and O–H groups in total. The van der Waals surface area contributed by atoms with E-state index in [-0.39, 0.29) is 5.69 Å². The minimum atomic E-state index is -4.42. The molecule has 1 aromatic heterocycles. The van der Waals surface area contributed by atoms with Crippen molar-refractivity contribution in [2.75, 3.05) is 0 Å². The molecular weight excluding hydrogens is 299 g/mol. The summed E-state index contributed by atoms with van der Waals surface area (Å²) in [5.74, 6) is 0. The Kier molecular flexibility index (Phi) is 3.01. The quantitative estimate of drug-likeness (QED) is 0.462. The maximum Gasteiger partial charge on any atom is 0.418 e. The molecule has 4 heteroatoms. The first-order valence-corrected chi connectivity index (χ1v) is 7.28. The number of halogens is 3. The molecule has 4 rings (SSSR count). The van der Waals surface area contributed by atoms with Gasteiger partial charge in [-0.1, -0.05) is 42.5 Å². The molecule has 0 radical (unpaired) electrons. The summed E-state index contributed by atoms with van der Waals surface area (Å²) < 4.78 is 39.9. The van der Waals surface area contributed by atoms with Crippen molar-refractivity contribution >= 4 is 0 Å². The number of nitrogens with zero attached hydrogens (tertiary/aromatic N) is 1. The van der Waals surface area contributed by atoms with Crippen LogP contribution >= 0.6 is 0 Å². The summed E-state index contributed by atoms with van der Waals surface area (Å²) in [4.78, 5) is 4.04. The highest BCUT2D eigenvalue weighted by Gasteiger charge is 2.35. The van der Waals surface area contributed by atoms with Crippen molar-refractivity contribution in [3.63, 3.8) is 0 Å². The van der Waals surface area contributed by atoms with Crippen LogP contribution in [0.3, 0.4) is 0 Å².